The molecular weight excluding hydrogens is 334 g/mol. The summed E-state index contributed by atoms with van der Waals surface area (Å²) in [6.07, 6.45) is 1.92. The lowest BCUT2D eigenvalue weighted by atomic mass is 10.00. The van der Waals surface area contributed by atoms with Gasteiger partial charge in [0.15, 0.2) is 0 Å². The SMILES string of the molecule is CCn1nc(C)c(CNCc2cn[nH]c2-c2cccc3ccccc23)c1C. The van der Waals surface area contributed by atoms with Crippen LogP contribution >= 0.6 is 0 Å². The Morgan fingerprint density at radius 1 is 1.04 bits per heavy atom. The molecule has 2 aromatic carbocycles. The van der Waals surface area contributed by atoms with Crippen molar-refractivity contribution in [2.75, 3.05) is 0 Å². The van der Waals surface area contributed by atoms with Crippen molar-refractivity contribution in [3.8, 4) is 11.3 Å². The van der Waals surface area contributed by atoms with Crippen LogP contribution in [0, 0.1) is 13.8 Å². The van der Waals surface area contributed by atoms with Gasteiger partial charge in [0, 0.05) is 42.0 Å². The minimum Gasteiger partial charge on any atom is -0.308 e. The van der Waals surface area contributed by atoms with Crippen LogP contribution in [0.3, 0.4) is 0 Å². The Hall–Kier alpha value is -2.92. The van der Waals surface area contributed by atoms with E-state index in [1.807, 2.05) is 6.20 Å². The van der Waals surface area contributed by atoms with E-state index in [1.165, 1.54) is 33.2 Å². The van der Waals surface area contributed by atoms with E-state index in [9.17, 15) is 0 Å². The van der Waals surface area contributed by atoms with Gasteiger partial charge in [-0.3, -0.25) is 9.78 Å². The minimum absolute atomic E-state index is 0.755. The highest BCUT2D eigenvalue weighted by molar-refractivity contribution is 5.96. The van der Waals surface area contributed by atoms with E-state index in [0.717, 1.165) is 31.0 Å². The molecule has 0 unspecified atom stereocenters. The summed E-state index contributed by atoms with van der Waals surface area (Å²) in [4.78, 5) is 0. The summed E-state index contributed by atoms with van der Waals surface area (Å²) in [5.74, 6) is 0. The summed E-state index contributed by atoms with van der Waals surface area (Å²) < 4.78 is 2.06. The average Bonchev–Trinajstić information content (AvgIpc) is 3.26. The number of benzene rings is 2. The van der Waals surface area contributed by atoms with E-state index in [4.69, 9.17) is 0 Å². The highest BCUT2D eigenvalue weighted by Gasteiger charge is 2.13. The van der Waals surface area contributed by atoms with Gasteiger partial charge < -0.3 is 5.32 Å². The largest absolute Gasteiger partial charge is 0.308 e. The van der Waals surface area contributed by atoms with Crippen molar-refractivity contribution in [3.63, 3.8) is 0 Å². The van der Waals surface area contributed by atoms with Crippen LogP contribution in [0.5, 0.6) is 0 Å². The summed E-state index contributed by atoms with van der Waals surface area (Å²) in [5.41, 5.74) is 7.06. The van der Waals surface area contributed by atoms with E-state index < -0.39 is 0 Å². The fourth-order valence-corrected chi connectivity index (χ4v) is 3.74. The van der Waals surface area contributed by atoms with Crippen LogP contribution in [0.15, 0.2) is 48.7 Å². The predicted octanol–water partition coefficient (Wildman–Crippen LogP) is 4.35. The van der Waals surface area contributed by atoms with Gasteiger partial charge in [0.05, 0.1) is 17.6 Å². The van der Waals surface area contributed by atoms with Crippen LogP contribution in [0.25, 0.3) is 22.0 Å². The Bertz CT molecular complexity index is 1070. The number of aryl methyl sites for hydroxylation is 2. The Labute approximate surface area is 159 Å². The fraction of sp³-hybridized carbons (Fsp3) is 0.273. The molecule has 2 N–H and O–H groups in total. The molecule has 2 heterocycles. The lowest BCUT2D eigenvalue weighted by Gasteiger charge is -2.09. The molecular formula is C22H25N5. The first kappa shape index (κ1) is 17.5. The highest BCUT2D eigenvalue weighted by Crippen LogP contribution is 2.29. The van der Waals surface area contributed by atoms with Crippen molar-refractivity contribution in [1.82, 2.24) is 25.3 Å². The monoisotopic (exact) mass is 359 g/mol. The molecule has 27 heavy (non-hydrogen) atoms. The third kappa shape index (κ3) is 3.26. The first-order chi connectivity index (χ1) is 13.2. The summed E-state index contributed by atoms with van der Waals surface area (Å²) in [6.45, 7) is 8.80. The summed E-state index contributed by atoms with van der Waals surface area (Å²) in [6, 6.07) is 14.9. The number of nitrogens with one attached hydrogen (secondary N) is 2. The van der Waals surface area contributed by atoms with Crippen LogP contribution in [-0.2, 0) is 19.6 Å². The molecule has 0 bridgehead atoms. The number of aromatic nitrogens is 4. The Morgan fingerprint density at radius 3 is 2.67 bits per heavy atom. The molecule has 0 spiro atoms. The van der Waals surface area contributed by atoms with Gasteiger partial charge in [0.25, 0.3) is 0 Å². The summed E-state index contributed by atoms with van der Waals surface area (Å²) in [5, 5.41) is 18.1. The lowest BCUT2D eigenvalue weighted by Crippen LogP contribution is -2.14. The maximum absolute atomic E-state index is 4.60. The minimum atomic E-state index is 0.755. The molecule has 0 aliphatic heterocycles. The van der Waals surface area contributed by atoms with Crippen molar-refractivity contribution >= 4 is 10.8 Å². The number of hydrogen-bond acceptors (Lipinski definition) is 3. The molecule has 0 aliphatic carbocycles. The van der Waals surface area contributed by atoms with E-state index in [-0.39, 0.29) is 0 Å². The van der Waals surface area contributed by atoms with Crippen molar-refractivity contribution in [1.29, 1.82) is 0 Å². The van der Waals surface area contributed by atoms with Gasteiger partial charge >= 0.3 is 0 Å². The fourth-order valence-electron chi connectivity index (χ4n) is 3.74. The predicted molar refractivity (Wildman–Crippen MR) is 109 cm³/mol. The van der Waals surface area contributed by atoms with Crippen LogP contribution in [0.4, 0.5) is 0 Å². The maximum atomic E-state index is 4.60. The van der Waals surface area contributed by atoms with Crippen LogP contribution < -0.4 is 5.32 Å². The molecule has 5 heteroatoms. The van der Waals surface area contributed by atoms with E-state index in [2.05, 4.69) is 88.5 Å². The second-order valence-corrected chi connectivity index (χ2v) is 6.87. The third-order valence-electron chi connectivity index (χ3n) is 5.22. The Balaban J connectivity index is 1.56. The van der Waals surface area contributed by atoms with Crippen molar-refractivity contribution in [2.45, 2.75) is 40.4 Å². The van der Waals surface area contributed by atoms with Gasteiger partial charge in [-0.25, -0.2) is 0 Å². The van der Waals surface area contributed by atoms with Gasteiger partial charge in [-0.05, 0) is 31.5 Å². The van der Waals surface area contributed by atoms with Crippen LogP contribution in [0.2, 0.25) is 0 Å². The number of hydrogen-bond donors (Lipinski definition) is 2. The molecule has 138 valence electrons. The molecule has 0 atom stereocenters. The maximum Gasteiger partial charge on any atom is 0.0701 e. The number of nitrogens with zero attached hydrogens (tertiary/aromatic N) is 3. The molecule has 0 saturated carbocycles. The van der Waals surface area contributed by atoms with E-state index in [0.29, 0.717) is 0 Å². The van der Waals surface area contributed by atoms with Gasteiger partial charge in [0.1, 0.15) is 0 Å². The summed E-state index contributed by atoms with van der Waals surface area (Å²) >= 11 is 0. The molecule has 0 aliphatic rings. The molecule has 2 aromatic heterocycles. The Morgan fingerprint density at radius 2 is 1.85 bits per heavy atom. The van der Waals surface area contributed by atoms with E-state index >= 15 is 0 Å². The Kier molecular flexibility index (Phi) is 4.77. The van der Waals surface area contributed by atoms with Crippen molar-refractivity contribution < 1.29 is 0 Å². The van der Waals surface area contributed by atoms with Gasteiger partial charge in [-0.2, -0.15) is 10.2 Å². The first-order valence-electron chi connectivity index (χ1n) is 9.43. The second-order valence-electron chi connectivity index (χ2n) is 6.87. The third-order valence-corrected chi connectivity index (χ3v) is 5.22. The smallest absolute Gasteiger partial charge is 0.0701 e. The topological polar surface area (TPSA) is 58.5 Å². The lowest BCUT2D eigenvalue weighted by molar-refractivity contribution is 0.630. The van der Waals surface area contributed by atoms with Gasteiger partial charge in [-0.1, -0.05) is 42.5 Å². The standard InChI is InChI=1S/C22H25N5/c1-4-27-16(3)21(15(2)26-27)14-23-12-18-13-24-25-22(18)20-11-7-9-17-8-5-6-10-19(17)20/h5-11,13,23H,4,12,14H2,1-3H3,(H,24,25). The van der Waals surface area contributed by atoms with Crippen molar-refractivity contribution in [2.24, 2.45) is 0 Å². The zero-order valence-corrected chi connectivity index (χ0v) is 16.1. The molecule has 4 aromatic rings. The first-order valence-corrected chi connectivity index (χ1v) is 9.43. The zero-order chi connectivity index (χ0) is 18.8. The summed E-state index contributed by atoms with van der Waals surface area (Å²) in [7, 11) is 0. The highest BCUT2D eigenvalue weighted by atomic mass is 15.3. The zero-order valence-electron chi connectivity index (χ0n) is 16.1. The quantitative estimate of drug-likeness (QED) is 0.538. The normalized spacial score (nSPS) is 11.4. The van der Waals surface area contributed by atoms with E-state index in [1.54, 1.807) is 0 Å². The van der Waals surface area contributed by atoms with Crippen LogP contribution in [-0.4, -0.2) is 20.0 Å². The second kappa shape index (κ2) is 7.37. The number of fused-ring (bicyclic) bond motifs is 1. The van der Waals surface area contributed by atoms with Crippen molar-refractivity contribution in [3.05, 3.63) is 71.2 Å². The van der Waals surface area contributed by atoms with Gasteiger partial charge in [0.2, 0.25) is 0 Å². The number of aromatic amines is 1. The van der Waals surface area contributed by atoms with Crippen LogP contribution in [0.1, 0.15) is 29.4 Å². The molecule has 0 amide bonds. The number of rotatable bonds is 6. The molecule has 0 fully saturated rings. The number of H-pyrrole nitrogens is 1. The molecule has 5 nitrogen and oxygen atoms in total. The average molecular weight is 359 g/mol. The molecule has 0 radical (unpaired) electrons. The molecule has 0 saturated heterocycles. The molecule has 4 rings (SSSR count). The van der Waals surface area contributed by atoms with Gasteiger partial charge in [-0.15, -0.1) is 0 Å².